The van der Waals surface area contributed by atoms with Crippen LogP contribution in [0, 0.1) is 83.1 Å². The predicted octanol–water partition coefficient (Wildman–Crippen LogP) is 15.4. The van der Waals surface area contributed by atoms with E-state index >= 15 is 0 Å². The summed E-state index contributed by atoms with van der Waals surface area (Å²) in [5.41, 5.74) is 28.2. The second-order valence-electron chi connectivity index (χ2n) is 15.5. The third-order valence-electron chi connectivity index (χ3n) is 10.8. The summed E-state index contributed by atoms with van der Waals surface area (Å²) in [4.78, 5) is 0. The van der Waals surface area contributed by atoms with Gasteiger partial charge in [0.25, 0.3) is 0 Å². The smallest absolute Gasteiger partial charge is 0.207 e. The summed E-state index contributed by atoms with van der Waals surface area (Å²) in [6.45, 7) is 26.8. The lowest BCUT2D eigenvalue weighted by Gasteiger charge is -2.50. The maximum absolute atomic E-state index is 7.93. The van der Waals surface area contributed by atoms with Gasteiger partial charge in [0, 0.05) is 22.3 Å². The Labute approximate surface area is 325 Å². The van der Waals surface area contributed by atoms with Gasteiger partial charge < -0.3 is 0 Å². The molecule has 0 radical (unpaired) electrons. The first-order valence-corrected chi connectivity index (χ1v) is 21.6. The minimum atomic E-state index is -1.27. The fourth-order valence-corrected chi connectivity index (χ4v) is 13.2. The van der Waals surface area contributed by atoms with E-state index in [0.29, 0.717) is 8.88 Å². The first kappa shape index (κ1) is 37.4. The number of rotatable bonds is 6. The van der Waals surface area contributed by atoms with Crippen LogP contribution < -0.4 is 8.88 Å². The molecule has 5 heteroatoms. The molecule has 0 bridgehead atoms. The maximum Gasteiger partial charge on any atom is 0.207 e. The molecule has 270 valence electrons. The Morgan fingerprint density at radius 3 is 0.774 bits per heavy atom. The summed E-state index contributed by atoms with van der Waals surface area (Å²) in [6.07, 6.45) is 0. The average molecular weight is 753 g/mol. The number of para-hydroxylation sites is 2. The molecule has 0 unspecified atom stereocenters. The van der Waals surface area contributed by atoms with Gasteiger partial charge in [-0.15, -0.1) is 0 Å². The molecule has 7 rings (SSSR count). The van der Waals surface area contributed by atoms with Crippen molar-refractivity contribution in [1.82, 2.24) is 0 Å². The monoisotopic (exact) mass is 752 g/mol. The van der Waals surface area contributed by atoms with Gasteiger partial charge in [0.05, 0.1) is 20.3 Å². The molecule has 0 saturated carbocycles. The lowest BCUT2D eigenvalue weighted by atomic mass is 9.87. The molecule has 1 heterocycles. The number of benzene rings is 6. The number of anilines is 2. The lowest BCUT2D eigenvalue weighted by molar-refractivity contribution is 1.30. The SMILES string of the molecule is Cc1cc(C)c(-c2cccc(-c3c(C)cc(C)cc3C)c2N2PN(c3c(-c4c(C)cc(C)cc4C)cccc3-c3c(C)cc(C)cc3C)P2Cl)c(C)c1. The topological polar surface area (TPSA) is 6.48 Å². The molecule has 0 aromatic heterocycles. The number of hydrogen-bond donors (Lipinski definition) is 0. The van der Waals surface area contributed by atoms with Crippen molar-refractivity contribution in [2.24, 2.45) is 0 Å². The molecular weight excluding hydrogens is 702 g/mol. The van der Waals surface area contributed by atoms with E-state index in [0.717, 1.165) is 0 Å². The van der Waals surface area contributed by atoms with Crippen LogP contribution in [-0.4, -0.2) is 0 Å². The fraction of sp³-hybridized carbons (Fsp3) is 0.250. The van der Waals surface area contributed by atoms with Crippen molar-refractivity contribution in [1.29, 1.82) is 0 Å². The molecule has 1 saturated heterocycles. The van der Waals surface area contributed by atoms with Gasteiger partial charge in [-0.25, -0.2) is 0 Å². The van der Waals surface area contributed by atoms with Gasteiger partial charge in [-0.1, -0.05) is 107 Å². The van der Waals surface area contributed by atoms with Crippen molar-refractivity contribution in [3.63, 3.8) is 0 Å². The van der Waals surface area contributed by atoms with Crippen molar-refractivity contribution >= 4 is 39.1 Å². The van der Waals surface area contributed by atoms with Crippen LogP contribution in [-0.2, 0) is 0 Å². The lowest BCUT2D eigenvalue weighted by Crippen LogP contribution is -2.30. The molecule has 6 aromatic carbocycles. The summed E-state index contributed by atoms with van der Waals surface area (Å²) >= 11 is 7.93. The quantitative estimate of drug-likeness (QED) is 0.156. The molecule has 2 nitrogen and oxygen atoms in total. The summed E-state index contributed by atoms with van der Waals surface area (Å²) in [7, 11) is -0.942. The molecule has 53 heavy (non-hydrogen) atoms. The van der Waals surface area contributed by atoms with E-state index in [1.807, 2.05) is 0 Å². The Kier molecular flexibility index (Phi) is 10.1. The van der Waals surface area contributed by atoms with Crippen molar-refractivity contribution in [3.8, 4) is 44.5 Å². The van der Waals surface area contributed by atoms with Crippen LogP contribution in [0.4, 0.5) is 11.4 Å². The highest BCUT2D eigenvalue weighted by Crippen LogP contribution is 2.76. The Morgan fingerprint density at radius 1 is 0.377 bits per heavy atom. The third-order valence-corrected chi connectivity index (χ3v) is 16.0. The normalized spacial score (nSPS) is 14.6. The van der Waals surface area contributed by atoms with Gasteiger partial charge in [-0.05, 0) is 161 Å². The van der Waals surface area contributed by atoms with Gasteiger partial charge >= 0.3 is 0 Å². The van der Waals surface area contributed by atoms with Gasteiger partial charge in [-0.2, -0.15) is 0 Å². The summed E-state index contributed by atoms with van der Waals surface area (Å²) in [5.74, 6) is 0. The van der Waals surface area contributed by atoms with Crippen LogP contribution in [0.3, 0.4) is 0 Å². The Balaban J connectivity index is 1.47. The standard InChI is InChI=1S/C48H51ClN2P2/c1-27-19-31(5)43(32(6)20-27)39-15-13-16-40(44-33(7)21-28(2)22-34(44)8)47(39)50-52-51(53(50)49)48-41(45-35(9)23-29(3)24-36(45)10)17-14-18-42(48)46-37(11)25-30(4)26-38(46)12/h13-26,52H,1-12H3. The molecule has 1 fully saturated rings. The molecule has 1 aliphatic rings. The first-order valence-electron chi connectivity index (χ1n) is 18.6. The predicted molar refractivity (Wildman–Crippen MR) is 238 cm³/mol. The number of hydrogen-bond acceptors (Lipinski definition) is 2. The molecule has 1 aliphatic heterocycles. The van der Waals surface area contributed by atoms with E-state index in [1.165, 1.54) is 123 Å². The third kappa shape index (κ3) is 6.63. The zero-order valence-corrected chi connectivity index (χ0v) is 36.0. The molecule has 6 aromatic rings. The van der Waals surface area contributed by atoms with Crippen molar-refractivity contribution < 1.29 is 0 Å². The van der Waals surface area contributed by atoms with Gasteiger partial charge in [0.1, 0.15) is 0 Å². The largest absolute Gasteiger partial charge is 0.282 e. The van der Waals surface area contributed by atoms with Crippen LogP contribution in [0.15, 0.2) is 84.9 Å². The van der Waals surface area contributed by atoms with E-state index in [-0.39, 0.29) is 0 Å². The van der Waals surface area contributed by atoms with Crippen LogP contribution >= 0.6 is 27.7 Å². The highest BCUT2D eigenvalue weighted by molar-refractivity contribution is 8.03. The second-order valence-corrected chi connectivity index (χ2v) is 19.5. The van der Waals surface area contributed by atoms with Crippen LogP contribution in [0.1, 0.15) is 66.8 Å². The average Bonchev–Trinajstić information content (AvgIpc) is 3.04. The van der Waals surface area contributed by atoms with E-state index in [1.54, 1.807) is 0 Å². The van der Waals surface area contributed by atoms with Crippen LogP contribution in [0.5, 0.6) is 0 Å². The molecular formula is C48H51ClN2P2. The maximum atomic E-state index is 7.93. The fourth-order valence-electron chi connectivity index (χ4n) is 9.25. The van der Waals surface area contributed by atoms with Gasteiger partial charge in [0.2, 0.25) is 7.58 Å². The second kappa shape index (κ2) is 14.4. The van der Waals surface area contributed by atoms with E-state index in [9.17, 15) is 0 Å². The Bertz CT molecular complexity index is 2030. The van der Waals surface area contributed by atoms with E-state index in [2.05, 4.69) is 177 Å². The minimum absolute atomic E-state index is 0.332. The minimum Gasteiger partial charge on any atom is -0.282 e. The van der Waals surface area contributed by atoms with Crippen LogP contribution in [0.25, 0.3) is 44.5 Å². The zero-order chi connectivity index (χ0) is 38.0. The molecule has 0 N–H and O–H groups in total. The van der Waals surface area contributed by atoms with Gasteiger partial charge in [-0.3, -0.25) is 8.88 Å². The van der Waals surface area contributed by atoms with Crippen molar-refractivity contribution in [2.75, 3.05) is 8.88 Å². The Hall–Kier alpha value is -3.93. The molecule has 0 amide bonds. The molecule has 0 atom stereocenters. The number of halogens is 1. The van der Waals surface area contributed by atoms with Crippen molar-refractivity contribution in [2.45, 2.75) is 83.1 Å². The van der Waals surface area contributed by atoms with E-state index in [4.69, 9.17) is 11.2 Å². The zero-order valence-electron chi connectivity index (χ0n) is 33.3. The van der Waals surface area contributed by atoms with E-state index < -0.39 is 7.58 Å². The summed E-state index contributed by atoms with van der Waals surface area (Å²) in [6, 6.07) is 32.3. The Morgan fingerprint density at radius 2 is 0.585 bits per heavy atom. The number of aryl methyl sites for hydroxylation is 12. The first-order chi connectivity index (χ1) is 25.2. The summed E-state index contributed by atoms with van der Waals surface area (Å²) < 4.78 is 5.03. The highest BCUT2D eigenvalue weighted by Gasteiger charge is 2.42. The van der Waals surface area contributed by atoms with Crippen molar-refractivity contribution in [3.05, 3.63) is 152 Å². The summed E-state index contributed by atoms with van der Waals surface area (Å²) in [5, 5.41) is 0. The molecule has 0 aliphatic carbocycles. The van der Waals surface area contributed by atoms with Crippen LogP contribution in [0.2, 0.25) is 0 Å². The number of nitrogens with zero attached hydrogens (tertiary/aromatic N) is 2. The van der Waals surface area contributed by atoms with Gasteiger partial charge in [0.15, 0.2) is 0 Å². The molecule has 0 spiro atoms. The highest BCUT2D eigenvalue weighted by atomic mass is 35.7.